The van der Waals surface area contributed by atoms with Gasteiger partial charge in [-0.05, 0) is 39.2 Å². The zero-order valence-electron chi connectivity index (χ0n) is 16.3. The number of likely N-dealkylation sites (tertiary alicyclic amines) is 1. The molecular weight excluding hydrogens is 286 g/mol. The van der Waals surface area contributed by atoms with Gasteiger partial charge in [-0.15, -0.1) is 0 Å². The van der Waals surface area contributed by atoms with E-state index in [4.69, 9.17) is 4.74 Å². The molecule has 0 aromatic rings. The fourth-order valence-corrected chi connectivity index (χ4v) is 6.07. The van der Waals surface area contributed by atoms with Gasteiger partial charge in [-0.1, -0.05) is 32.9 Å². The number of ether oxygens (including phenoxy) is 1. The minimum absolute atomic E-state index is 0.101. The van der Waals surface area contributed by atoms with Gasteiger partial charge in [-0.2, -0.15) is 0 Å². The van der Waals surface area contributed by atoms with E-state index in [0.29, 0.717) is 0 Å². The molecule has 0 radical (unpaired) electrons. The third-order valence-electron chi connectivity index (χ3n) is 6.58. The Morgan fingerprint density at radius 1 is 0.955 bits per heavy atom. The number of rotatable bonds is 11. The van der Waals surface area contributed by atoms with Crippen LogP contribution in [0.5, 0.6) is 0 Å². The van der Waals surface area contributed by atoms with Crippen molar-refractivity contribution in [1.82, 2.24) is 0 Å². The van der Waals surface area contributed by atoms with Crippen molar-refractivity contribution in [3.8, 4) is 0 Å². The molecule has 0 spiro atoms. The zero-order chi connectivity index (χ0) is 16.7. The first-order chi connectivity index (χ1) is 10.3. The lowest BCUT2D eigenvalue weighted by Crippen LogP contribution is -2.52. The van der Waals surface area contributed by atoms with Crippen LogP contribution in [0, 0.1) is 0 Å². The van der Waals surface area contributed by atoms with Gasteiger partial charge in [-0.25, -0.2) is 0 Å². The average Bonchev–Trinajstić information content (AvgIpc) is 2.92. The van der Waals surface area contributed by atoms with E-state index in [9.17, 15) is 0 Å². The molecule has 1 heterocycles. The van der Waals surface area contributed by atoms with Crippen LogP contribution in [-0.2, 0) is 4.74 Å². The third-order valence-corrected chi connectivity index (χ3v) is 11.6. The first kappa shape index (κ1) is 20.2. The van der Waals surface area contributed by atoms with Gasteiger partial charge in [0.05, 0.1) is 39.5 Å². The molecule has 0 saturated carbocycles. The minimum atomic E-state index is -1.31. The molecule has 1 aliphatic heterocycles. The predicted molar refractivity (Wildman–Crippen MR) is 101 cm³/mol. The largest absolute Gasteiger partial charge is 0.382 e. The molecule has 2 nitrogen and oxygen atoms in total. The lowest BCUT2D eigenvalue weighted by Gasteiger charge is -2.40. The summed E-state index contributed by atoms with van der Waals surface area (Å²) < 4.78 is 7.23. The smallest absolute Gasteiger partial charge is 0.0849 e. The van der Waals surface area contributed by atoms with Crippen LogP contribution in [0.1, 0.15) is 65.7 Å². The first-order valence-corrected chi connectivity index (χ1v) is 12.9. The van der Waals surface area contributed by atoms with Gasteiger partial charge in [0.15, 0.2) is 0 Å². The van der Waals surface area contributed by atoms with E-state index in [2.05, 4.69) is 33.9 Å². The highest BCUT2D eigenvalue weighted by Gasteiger charge is 2.40. The van der Waals surface area contributed by atoms with Gasteiger partial charge in [0.1, 0.15) is 0 Å². The highest BCUT2D eigenvalue weighted by Crippen LogP contribution is 2.30. The lowest BCUT2D eigenvalue weighted by atomic mass is 10.2. The summed E-state index contributed by atoms with van der Waals surface area (Å²) in [6.07, 6.45) is 9.97. The molecule has 0 amide bonds. The molecule has 0 aliphatic carbocycles. The molecule has 1 saturated heterocycles. The van der Waals surface area contributed by atoms with Crippen molar-refractivity contribution >= 4 is 8.07 Å². The first-order valence-electron chi connectivity index (χ1n) is 9.69. The number of nitrogens with zero attached hydrogens (tertiary/aromatic N) is 1. The molecule has 0 unspecified atom stereocenters. The SMILES string of the molecule is CCCCCC[N+]1(CCC[Si](C)(C)C(C)(C)OC)CCCC1. The number of quaternary nitrogens is 1. The quantitative estimate of drug-likeness (QED) is 0.286. The minimum Gasteiger partial charge on any atom is -0.382 e. The van der Waals surface area contributed by atoms with Gasteiger partial charge in [0, 0.05) is 20.0 Å². The number of methoxy groups -OCH3 is 1. The van der Waals surface area contributed by atoms with E-state index in [1.807, 2.05) is 7.11 Å². The van der Waals surface area contributed by atoms with E-state index < -0.39 is 8.07 Å². The van der Waals surface area contributed by atoms with E-state index in [1.54, 1.807) is 0 Å². The molecule has 1 aliphatic rings. The second kappa shape index (κ2) is 8.84. The second-order valence-corrected chi connectivity index (χ2v) is 14.2. The molecule has 0 aromatic carbocycles. The summed E-state index contributed by atoms with van der Waals surface area (Å²) in [5.41, 5.74) is 0. The molecule has 3 heteroatoms. The maximum atomic E-state index is 5.80. The van der Waals surface area contributed by atoms with Gasteiger partial charge in [0.25, 0.3) is 0 Å². The Hall–Kier alpha value is 0.137. The summed E-state index contributed by atoms with van der Waals surface area (Å²) in [6.45, 7) is 17.7. The standard InChI is InChI=1S/C19H42NOSi/c1-7-8-9-10-14-20(15-11-12-16-20)17-13-18-22(5,6)19(2,3)21-4/h7-18H2,1-6H3/q+1. The summed E-state index contributed by atoms with van der Waals surface area (Å²) in [5.74, 6) is 0. The monoisotopic (exact) mass is 328 g/mol. The van der Waals surface area contributed by atoms with Crippen LogP contribution >= 0.6 is 0 Å². The van der Waals surface area contributed by atoms with E-state index >= 15 is 0 Å². The highest BCUT2D eigenvalue weighted by molar-refractivity contribution is 6.80. The van der Waals surface area contributed by atoms with Gasteiger partial charge in [-0.3, -0.25) is 0 Å². The van der Waals surface area contributed by atoms with Gasteiger partial charge >= 0.3 is 0 Å². The van der Waals surface area contributed by atoms with Crippen molar-refractivity contribution in [2.75, 3.05) is 33.3 Å². The molecule has 0 atom stereocenters. The Bertz CT molecular complexity index is 309. The molecule has 1 fully saturated rings. The Morgan fingerprint density at radius 3 is 2.09 bits per heavy atom. The third kappa shape index (κ3) is 5.65. The molecule has 22 heavy (non-hydrogen) atoms. The Labute approximate surface area is 141 Å². The summed E-state index contributed by atoms with van der Waals surface area (Å²) in [7, 11) is 0.574. The van der Waals surface area contributed by atoms with Crippen LogP contribution < -0.4 is 0 Å². The summed E-state index contributed by atoms with van der Waals surface area (Å²) >= 11 is 0. The van der Waals surface area contributed by atoms with Crippen molar-refractivity contribution in [3.05, 3.63) is 0 Å². The molecule has 0 bridgehead atoms. The van der Waals surface area contributed by atoms with E-state index in [0.717, 1.165) is 0 Å². The molecule has 1 rings (SSSR count). The summed E-state index contributed by atoms with van der Waals surface area (Å²) in [6, 6.07) is 1.41. The van der Waals surface area contributed by atoms with Gasteiger partial charge in [0.2, 0.25) is 0 Å². The van der Waals surface area contributed by atoms with Crippen LogP contribution in [0.2, 0.25) is 19.1 Å². The molecule has 0 N–H and O–H groups in total. The van der Waals surface area contributed by atoms with Crippen LogP contribution in [0.3, 0.4) is 0 Å². The number of unbranched alkanes of at least 4 members (excludes halogenated alkanes) is 3. The second-order valence-electron chi connectivity index (χ2n) is 8.71. The average molecular weight is 329 g/mol. The topological polar surface area (TPSA) is 9.23 Å². The fraction of sp³-hybridized carbons (Fsp3) is 1.00. The van der Waals surface area contributed by atoms with Crippen LogP contribution in [-0.4, -0.2) is 51.1 Å². The predicted octanol–water partition coefficient (Wildman–Crippen LogP) is 5.24. The van der Waals surface area contributed by atoms with Crippen molar-refractivity contribution in [1.29, 1.82) is 0 Å². The lowest BCUT2D eigenvalue weighted by molar-refractivity contribution is -0.917. The van der Waals surface area contributed by atoms with Crippen LogP contribution in [0.25, 0.3) is 0 Å². The Kier molecular flexibility index (Phi) is 8.11. The summed E-state index contributed by atoms with van der Waals surface area (Å²) in [4.78, 5) is 0. The zero-order valence-corrected chi connectivity index (χ0v) is 17.3. The summed E-state index contributed by atoms with van der Waals surface area (Å²) in [5, 5.41) is 0.101. The maximum Gasteiger partial charge on any atom is 0.0849 e. The van der Waals surface area contributed by atoms with Crippen molar-refractivity contribution < 1.29 is 9.22 Å². The number of hydrogen-bond acceptors (Lipinski definition) is 1. The molecule has 0 aromatic heterocycles. The fourth-order valence-electron chi connectivity index (χ4n) is 3.87. The van der Waals surface area contributed by atoms with Gasteiger partial charge < -0.3 is 9.22 Å². The number of hydrogen-bond donors (Lipinski definition) is 0. The Morgan fingerprint density at radius 2 is 1.55 bits per heavy atom. The van der Waals surface area contributed by atoms with E-state index in [1.165, 1.54) is 81.7 Å². The Balaban J connectivity index is 2.44. The van der Waals surface area contributed by atoms with Crippen molar-refractivity contribution in [2.24, 2.45) is 0 Å². The van der Waals surface area contributed by atoms with E-state index in [-0.39, 0.29) is 5.22 Å². The maximum absolute atomic E-state index is 5.80. The normalized spacial score (nSPS) is 18.8. The van der Waals surface area contributed by atoms with Crippen LogP contribution in [0.4, 0.5) is 0 Å². The highest BCUT2D eigenvalue weighted by atomic mass is 28.3. The molecular formula is C19H42NOSi+. The van der Waals surface area contributed by atoms with Crippen LogP contribution in [0.15, 0.2) is 0 Å². The molecule has 132 valence electrons. The van der Waals surface area contributed by atoms with Crippen molar-refractivity contribution in [3.63, 3.8) is 0 Å². The van der Waals surface area contributed by atoms with Crippen molar-refractivity contribution in [2.45, 2.75) is 90.1 Å².